The molecule has 2 aromatic carbocycles. The van der Waals surface area contributed by atoms with Crippen molar-refractivity contribution in [2.45, 2.75) is 39.9 Å². The van der Waals surface area contributed by atoms with E-state index in [2.05, 4.69) is 0 Å². The Morgan fingerprint density at radius 3 is 2.70 bits per heavy atom. The molecule has 0 bridgehead atoms. The molecule has 142 valence electrons. The summed E-state index contributed by atoms with van der Waals surface area (Å²) in [5, 5.41) is 12.3. The van der Waals surface area contributed by atoms with Crippen LogP contribution in [0.25, 0.3) is 10.8 Å². The number of allylic oxidation sites excluding steroid dienone is 1. The Morgan fingerprint density at radius 1 is 1.37 bits per heavy atom. The lowest BCUT2D eigenvalue weighted by molar-refractivity contribution is -0.150. The number of aryl methyl sites for hydroxylation is 1. The van der Waals surface area contributed by atoms with Gasteiger partial charge in [-0.15, -0.1) is 0 Å². The van der Waals surface area contributed by atoms with Crippen molar-refractivity contribution < 1.29 is 28.9 Å². The Kier molecular flexibility index (Phi) is 4.70. The molecular weight excluding hydrogens is 348 g/mol. The van der Waals surface area contributed by atoms with Crippen LogP contribution in [0.1, 0.15) is 37.5 Å². The van der Waals surface area contributed by atoms with Crippen LogP contribution >= 0.6 is 0 Å². The van der Waals surface area contributed by atoms with Crippen molar-refractivity contribution in [2.75, 3.05) is 7.11 Å². The van der Waals surface area contributed by atoms with E-state index in [9.17, 15) is 14.7 Å². The van der Waals surface area contributed by atoms with E-state index in [1.54, 1.807) is 19.9 Å². The Hall–Kier alpha value is -2.86. The molecule has 0 spiro atoms. The number of esters is 2. The lowest BCUT2D eigenvalue weighted by Crippen LogP contribution is -2.30. The van der Waals surface area contributed by atoms with Gasteiger partial charge in [0.25, 0.3) is 0 Å². The second kappa shape index (κ2) is 6.70. The molecule has 1 N–H and O–H groups in total. The minimum atomic E-state index is -1.86. The third-order valence-corrected chi connectivity index (χ3v) is 4.94. The van der Waals surface area contributed by atoms with Gasteiger partial charge in [0.2, 0.25) is 0 Å². The maximum absolute atomic E-state index is 12.3. The summed E-state index contributed by atoms with van der Waals surface area (Å²) in [5.74, 6) is -0.719. The van der Waals surface area contributed by atoms with Crippen LogP contribution in [0.2, 0.25) is 0 Å². The molecule has 0 saturated carbocycles. The van der Waals surface area contributed by atoms with Gasteiger partial charge in [-0.1, -0.05) is 24.3 Å². The van der Waals surface area contributed by atoms with Gasteiger partial charge >= 0.3 is 11.9 Å². The van der Waals surface area contributed by atoms with Gasteiger partial charge in [0.1, 0.15) is 6.61 Å². The molecule has 0 fully saturated rings. The lowest BCUT2D eigenvalue weighted by Gasteiger charge is -2.21. The first-order valence-electron chi connectivity index (χ1n) is 8.61. The normalized spacial score (nSPS) is 19.0. The number of aliphatic hydroxyl groups is 1. The van der Waals surface area contributed by atoms with E-state index < -0.39 is 17.5 Å². The summed E-state index contributed by atoms with van der Waals surface area (Å²) < 4.78 is 16.3. The van der Waals surface area contributed by atoms with Gasteiger partial charge in [0, 0.05) is 22.1 Å². The Morgan fingerprint density at radius 2 is 2.07 bits per heavy atom. The number of hydrogen-bond donors (Lipinski definition) is 1. The van der Waals surface area contributed by atoms with Crippen LogP contribution in [0.15, 0.2) is 29.8 Å². The first-order chi connectivity index (χ1) is 12.7. The molecule has 1 heterocycles. The highest BCUT2D eigenvalue weighted by Crippen LogP contribution is 2.51. The van der Waals surface area contributed by atoms with Crippen molar-refractivity contribution in [1.29, 1.82) is 0 Å². The third-order valence-electron chi connectivity index (χ3n) is 4.94. The fourth-order valence-corrected chi connectivity index (χ4v) is 3.38. The molecule has 6 nitrogen and oxygen atoms in total. The Balaban J connectivity index is 2.30. The van der Waals surface area contributed by atoms with E-state index in [1.165, 1.54) is 14.0 Å². The zero-order valence-electron chi connectivity index (χ0n) is 16.0. The standard InChI is InChI=1S/C21H22O6/c1-6-11(2)19(22)26-10-14-15-12(3)8-7-9-13(15)17(25-5)18-16(14)21(4,24)20(23)27-18/h6-9,24H,10H2,1-5H3. The van der Waals surface area contributed by atoms with Crippen LogP contribution in [0.5, 0.6) is 11.5 Å². The molecule has 2 aromatic rings. The summed E-state index contributed by atoms with van der Waals surface area (Å²) in [6.45, 7) is 6.58. The number of carbonyl (C=O) groups excluding carboxylic acids is 2. The maximum atomic E-state index is 12.3. The minimum Gasteiger partial charge on any atom is -0.492 e. The molecule has 1 aliphatic heterocycles. The predicted molar refractivity (Wildman–Crippen MR) is 99.7 cm³/mol. The summed E-state index contributed by atoms with van der Waals surface area (Å²) in [5.41, 5.74) is 0.318. The van der Waals surface area contributed by atoms with Gasteiger partial charge in [-0.25, -0.2) is 9.59 Å². The first-order valence-corrected chi connectivity index (χ1v) is 8.61. The fourth-order valence-electron chi connectivity index (χ4n) is 3.38. The van der Waals surface area contributed by atoms with Gasteiger partial charge < -0.3 is 19.3 Å². The quantitative estimate of drug-likeness (QED) is 0.505. The SMILES string of the molecule is CC=C(C)C(=O)OCc1c2c(c(OC)c3cccc(C)c13)OC(=O)C2(C)O. The number of rotatable bonds is 4. The smallest absolute Gasteiger partial charge is 0.348 e. The highest BCUT2D eigenvalue weighted by atomic mass is 16.6. The van der Waals surface area contributed by atoms with E-state index in [4.69, 9.17) is 14.2 Å². The van der Waals surface area contributed by atoms with Gasteiger partial charge in [-0.2, -0.15) is 0 Å². The van der Waals surface area contributed by atoms with Crippen molar-refractivity contribution in [2.24, 2.45) is 0 Å². The van der Waals surface area contributed by atoms with Crippen LogP contribution in [-0.4, -0.2) is 24.2 Å². The number of ether oxygens (including phenoxy) is 3. The molecule has 27 heavy (non-hydrogen) atoms. The molecule has 0 saturated heterocycles. The van der Waals surface area contributed by atoms with Crippen molar-refractivity contribution >= 4 is 22.7 Å². The molecular formula is C21H22O6. The first kappa shape index (κ1) is 18.9. The average molecular weight is 370 g/mol. The highest BCUT2D eigenvalue weighted by molar-refractivity contribution is 6.02. The largest absolute Gasteiger partial charge is 0.492 e. The topological polar surface area (TPSA) is 82.1 Å². The molecule has 3 rings (SSSR count). The monoisotopic (exact) mass is 370 g/mol. The molecule has 1 aliphatic rings. The van der Waals surface area contributed by atoms with Crippen LogP contribution in [0, 0.1) is 6.92 Å². The fraction of sp³-hybridized carbons (Fsp3) is 0.333. The van der Waals surface area contributed by atoms with E-state index in [0.29, 0.717) is 16.9 Å². The second-order valence-electron chi connectivity index (χ2n) is 6.72. The van der Waals surface area contributed by atoms with Crippen molar-refractivity contribution in [3.8, 4) is 11.5 Å². The second-order valence-corrected chi connectivity index (χ2v) is 6.72. The van der Waals surface area contributed by atoms with Gasteiger partial charge in [0.05, 0.1) is 7.11 Å². The van der Waals surface area contributed by atoms with Crippen LogP contribution < -0.4 is 9.47 Å². The highest BCUT2D eigenvalue weighted by Gasteiger charge is 2.48. The molecule has 0 radical (unpaired) electrons. The van der Waals surface area contributed by atoms with Gasteiger partial charge in [-0.3, -0.25) is 0 Å². The van der Waals surface area contributed by atoms with E-state index in [1.807, 2.05) is 25.1 Å². The number of fused-ring (bicyclic) bond motifs is 2. The van der Waals surface area contributed by atoms with Crippen LogP contribution in [0.3, 0.4) is 0 Å². The van der Waals surface area contributed by atoms with E-state index >= 15 is 0 Å². The predicted octanol–water partition coefficient (Wildman–Crippen LogP) is 3.29. The van der Waals surface area contributed by atoms with E-state index in [0.717, 1.165) is 16.3 Å². The summed E-state index contributed by atoms with van der Waals surface area (Å²) in [6.07, 6.45) is 1.66. The number of hydrogen-bond acceptors (Lipinski definition) is 6. The molecule has 0 amide bonds. The van der Waals surface area contributed by atoms with Gasteiger partial charge in [-0.05, 0) is 38.6 Å². The summed E-state index contributed by atoms with van der Waals surface area (Å²) in [6, 6.07) is 5.61. The number of benzene rings is 2. The zero-order chi connectivity index (χ0) is 19.9. The number of methoxy groups -OCH3 is 1. The van der Waals surface area contributed by atoms with Gasteiger partial charge in [0.15, 0.2) is 17.1 Å². The van der Waals surface area contributed by atoms with E-state index in [-0.39, 0.29) is 17.9 Å². The summed E-state index contributed by atoms with van der Waals surface area (Å²) in [7, 11) is 1.48. The van der Waals surface area contributed by atoms with Crippen molar-refractivity contribution in [3.05, 3.63) is 46.5 Å². The third kappa shape index (κ3) is 2.86. The van der Waals surface area contributed by atoms with Crippen molar-refractivity contribution in [3.63, 3.8) is 0 Å². The maximum Gasteiger partial charge on any atom is 0.348 e. The van der Waals surface area contributed by atoms with Crippen LogP contribution in [0.4, 0.5) is 0 Å². The van der Waals surface area contributed by atoms with Crippen LogP contribution in [-0.2, 0) is 26.5 Å². The summed E-state index contributed by atoms with van der Waals surface area (Å²) in [4.78, 5) is 24.4. The summed E-state index contributed by atoms with van der Waals surface area (Å²) >= 11 is 0. The van der Waals surface area contributed by atoms with Crippen molar-refractivity contribution in [1.82, 2.24) is 0 Å². The zero-order valence-corrected chi connectivity index (χ0v) is 16.0. The number of carbonyl (C=O) groups is 2. The molecule has 0 aromatic heterocycles. The Labute approximate surface area is 157 Å². The lowest BCUT2D eigenvalue weighted by atomic mass is 9.87. The average Bonchev–Trinajstić information content (AvgIpc) is 2.87. The molecule has 1 atom stereocenters. The minimum absolute atomic E-state index is 0.107. The molecule has 0 aliphatic carbocycles. The molecule has 1 unspecified atom stereocenters. The Bertz CT molecular complexity index is 984. The molecule has 6 heteroatoms.